The zero-order valence-electron chi connectivity index (χ0n) is 26.2. The Hall–Kier alpha value is -4.21. The molecule has 0 radical (unpaired) electrons. The summed E-state index contributed by atoms with van der Waals surface area (Å²) in [6, 6.07) is 21.4. The van der Waals surface area contributed by atoms with Crippen LogP contribution in [0.3, 0.4) is 0 Å². The molecular weight excluding hydrogens is 564 g/mol. The van der Waals surface area contributed by atoms with Crippen LogP contribution in [0.5, 0.6) is 11.5 Å². The predicted molar refractivity (Wildman–Crippen MR) is 167 cm³/mol. The van der Waals surface area contributed by atoms with E-state index in [0.29, 0.717) is 50.6 Å². The molecule has 2 atom stereocenters. The first-order chi connectivity index (χ1) is 21.2. The summed E-state index contributed by atoms with van der Waals surface area (Å²) in [5, 5.41) is 9.16. The predicted octanol–water partition coefficient (Wildman–Crippen LogP) is 5.67. The molecule has 0 saturated heterocycles. The number of Topliss-reactive ketones (excluding diaryl/α,β-unsaturated/α-hetero) is 1. The molecule has 238 valence electrons. The summed E-state index contributed by atoms with van der Waals surface area (Å²) < 4.78 is 26.4. The highest BCUT2D eigenvalue weighted by molar-refractivity contribution is 5.97. The van der Waals surface area contributed by atoms with Gasteiger partial charge < -0.3 is 28.8 Å². The first-order valence-electron chi connectivity index (χ1n) is 14.9. The molecule has 0 aliphatic heterocycles. The molecule has 0 aliphatic rings. The highest BCUT2D eigenvalue weighted by Crippen LogP contribution is 2.16. The van der Waals surface area contributed by atoms with E-state index in [1.165, 1.54) is 0 Å². The van der Waals surface area contributed by atoms with Gasteiger partial charge in [0.15, 0.2) is 24.6 Å². The molecule has 3 aromatic carbocycles. The Bertz CT molecular complexity index is 1290. The van der Waals surface area contributed by atoms with Crippen LogP contribution in [-0.2, 0) is 41.4 Å². The number of ketones is 1. The van der Waals surface area contributed by atoms with Crippen molar-refractivity contribution < 1.29 is 43.2 Å². The van der Waals surface area contributed by atoms with Crippen LogP contribution < -0.4 is 4.74 Å². The van der Waals surface area contributed by atoms with Gasteiger partial charge in [0.25, 0.3) is 0 Å². The SMILES string of the molecule is CCOC(=O)[C@@H](Cc1ccc(O)cc1)OCC.CCOC(=O)[C@@H](Cc1ccc(OCC(=O)c2cccc(C)c2)cc1)OCC. The van der Waals surface area contributed by atoms with Crippen molar-refractivity contribution in [2.45, 2.75) is 59.7 Å². The quantitative estimate of drug-likeness (QED) is 0.162. The Morgan fingerprint density at radius 3 is 1.64 bits per heavy atom. The summed E-state index contributed by atoms with van der Waals surface area (Å²) in [6.45, 7) is 10.7. The Labute approximate surface area is 260 Å². The second kappa shape index (κ2) is 19.9. The standard InChI is InChI=1S/C22H26O5.C13H18O4/c1-4-25-21(22(24)26-5-2)14-17-9-11-19(12-10-17)27-15-20(23)18-8-6-7-16(3)13-18;1-3-16-12(13(15)17-4-2)9-10-5-7-11(14)8-6-10/h6-13,21H,4-5,14-15H2,1-3H3;5-8,12,14H,3-4,9H2,1-2H3/t21-;12-/m11/s1. The van der Waals surface area contributed by atoms with Gasteiger partial charge in [0, 0.05) is 31.6 Å². The molecule has 0 aliphatic carbocycles. The second-order valence-corrected chi connectivity index (χ2v) is 9.69. The van der Waals surface area contributed by atoms with Gasteiger partial charge in [-0.15, -0.1) is 0 Å². The van der Waals surface area contributed by atoms with Crippen LogP contribution in [0.1, 0.15) is 54.7 Å². The fourth-order valence-corrected chi connectivity index (χ4v) is 4.13. The number of aryl methyl sites for hydroxylation is 1. The van der Waals surface area contributed by atoms with Crippen LogP contribution in [0, 0.1) is 6.92 Å². The fraction of sp³-hybridized carbons (Fsp3) is 0.400. The monoisotopic (exact) mass is 608 g/mol. The van der Waals surface area contributed by atoms with E-state index in [-0.39, 0.29) is 30.1 Å². The zero-order valence-corrected chi connectivity index (χ0v) is 26.2. The number of ether oxygens (including phenoxy) is 5. The van der Waals surface area contributed by atoms with Crippen LogP contribution in [0.25, 0.3) is 0 Å². The van der Waals surface area contributed by atoms with E-state index in [0.717, 1.165) is 16.7 Å². The number of esters is 2. The van der Waals surface area contributed by atoms with Crippen molar-refractivity contribution in [3.63, 3.8) is 0 Å². The van der Waals surface area contributed by atoms with E-state index >= 15 is 0 Å². The van der Waals surface area contributed by atoms with Crippen LogP contribution in [0.4, 0.5) is 0 Å². The number of carbonyl (C=O) groups is 3. The minimum Gasteiger partial charge on any atom is -0.508 e. The van der Waals surface area contributed by atoms with Crippen molar-refractivity contribution in [3.8, 4) is 11.5 Å². The lowest BCUT2D eigenvalue weighted by Crippen LogP contribution is -2.28. The third-order valence-electron chi connectivity index (χ3n) is 6.25. The van der Waals surface area contributed by atoms with E-state index in [1.807, 2.05) is 51.1 Å². The lowest BCUT2D eigenvalue weighted by Gasteiger charge is -2.15. The molecule has 0 bridgehead atoms. The van der Waals surface area contributed by atoms with Crippen LogP contribution >= 0.6 is 0 Å². The normalized spacial score (nSPS) is 11.8. The Kier molecular flexibility index (Phi) is 16.3. The minimum absolute atomic E-state index is 0.0206. The average molecular weight is 609 g/mol. The number of carbonyl (C=O) groups excluding carboxylic acids is 3. The molecule has 9 nitrogen and oxygen atoms in total. The summed E-state index contributed by atoms with van der Waals surface area (Å²) in [7, 11) is 0. The van der Waals surface area contributed by atoms with E-state index in [2.05, 4.69) is 0 Å². The van der Waals surface area contributed by atoms with E-state index in [1.54, 1.807) is 56.3 Å². The van der Waals surface area contributed by atoms with Crippen molar-refractivity contribution >= 4 is 17.7 Å². The van der Waals surface area contributed by atoms with E-state index in [9.17, 15) is 14.4 Å². The lowest BCUT2D eigenvalue weighted by atomic mass is 10.1. The highest BCUT2D eigenvalue weighted by Gasteiger charge is 2.21. The largest absolute Gasteiger partial charge is 0.508 e. The van der Waals surface area contributed by atoms with Crippen LogP contribution in [0.15, 0.2) is 72.8 Å². The number of phenols is 1. The summed E-state index contributed by atoms with van der Waals surface area (Å²) in [5.74, 6) is 0.0362. The maximum Gasteiger partial charge on any atom is 0.335 e. The molecule has 0 heterocycles. The molecule has 0 aromatic heterocycles. The van der Waals surface area contributed by atoms with Gasteiger partial charge in [0.05, 0.1) is 13.2 Å². The maximum atomic E-state index is 12.2. The van der Waals surface area contributed by atoms with Crippen molar-refractivity contribution in [1.82, 2.24) is 0 Å². The Morgan fingerprint density at radius 2 is 1.18 bits per heavy atom. The first kappa shape index (κ1) is 36.0. The molecule has 0 saturated carbocycles. The van der Waals surface area contributed by atoms with Gasteiger partial charge in [-0.3, -0.25) is 4.79 Å². The van der Waals surface area contributed by atoms with Crippen molar-refractivity contribution in [1.29, 1.82) is 0 Å². The smallest absolute Gasteiger partial charge is 0.335 e. The van der Waals surface area contributed by atoms with E-state index in [4.69, 9.17) is 28.8 Å². The number of rotatable bonds is 16. The molecule has 9 heteroatoms. The summed E-state index contributed by atoms with van der Waals surface area (Å²) in [4.78, 5) is 35.7. The molecule has 0 fully saturated rings. The van der Waals surface area contributed by atoms with Crippen LogP contribution in [0.2, 0.25) is 0 Å². The number of aromatic hydroxyl groups is 1. The third-order valence-corrected chi connectivity index (χ3v) is 6.25. The van der Waals surface area contributed by atoms with Gasteiger partial charge in [0.1, 0.15) is 11.5 Å². The molecule has 0 unspecified atom stereocenters. The Morgan fingerprint density at radius 1 is 0.682 bits per heavy atom. The zero-order chi connectivity index (χ0) is 32.3. The van der Waals surface area contributed by atoms with E-state index < -0.39 is 12.2 Å². The topological polar surface area (TPSA) is 118 Å². The maximum absolute atomic E-state index is 12.2. The molecule has 3 aromatic rings. The minimum atomic E-state index is -0.621. The molecule has 1 N–H and O–H groups in total. The van der Waals surface area contributed by atoms with Gasteiger partial charge in [0.2, 0.25) is 0 Å². The number of hydrogen-bond donors (Lipinski definition) is 1. The van der Waals surface area contributed by atoms with Gasteiger partial charge in [-0.2, -0.15) is 0 Å². The summed E-state index contributed by atoms with van der Waals surface area (Å²) in [5.41, 5.74) is 3.53. The third kappa shape index (κ3) is 13.0. The first-order valence-corrected chi connectivity index (χ1v) is 14.9. The second-order valence-electron chi connectivity index (χ2n) is 9.69. The van der Waals surface area contributed by atoms with Gasteiger partial charge >= 0.3 is 11.9 Å². The van der Waals surface area contributed by atoms with Crippen molar-refractivity contribution in [3.05, 3.63) is 95.1 Å². The molecule has 44 heavy (non-hydrogen) atoms. The fourth-order valence-electron chi connectivity index (χ4n) is 4.13. The molecule has 0 spiro atoms. The molecule has 0 amide bonds. The number of benzene rings is 3. The number of phenolic OH excluding ortho intramolecular Hbond substituents is 1. The van der Waals surface area contributed by atoms with Crippen molar-refractivity contribution in [2.75, 3.05) is 33.0 Å². The molecular formula is C35H44O9. The van der Waals surface area contributed by atoms with Gasteiger partial charge in [-0.1, -0.05) is 48.0 Å². The van der Waals surface area contributed by atoms with Gasteiger partial charge in [-0.25, -0.2) is 9.59 Å². The van der Waals surface area contributed by atoms with Crippen molar-refractivity contribution in [2.24, 2.45) is 0 Å². The average Bonchev–Trinajstić information content (AvgIpc) is 3.01. The molecule has 3 rings (SSSR count). The number of hydrogen-bond acceptors (Lipinski definition) is 9. The summed E-state index contributed by atoms with van der Waals surface area (Å²) in [6.07, 6.45) is -0.323. The Balaban J connectivity index is 0.000000342. The van der Waals surface area contributed by atoms with Crippen LogP contribution in [-0.4, -0.2) is 68.1 Å². The van der Waals surface area contributed by atoms with Gasteiger partial charge in [-0.05, 0) is 76.1 Å². The highest BCUT2D eigenvalue weighted by atomic mass is 16.6. The lowest BCUT2D eigenvalue weighted by molar-refractivity contribution is -0.157. The summed E-state index contributed by atoms with van der Waals surface area (Å²) >= 11 is 0.